The molecule has 2 N–H and O–H groups in total. The molecular weight excluding hydrogens is 206 g/mol. The van der Waals surface area contributed by atoms with Crippen molar-refractivity contribution in [2.75, 3.05) is 13.2 Å². The maximum atomic E-state index is 11.8. The molecule has 4 heteroatoms. The van der Waals surface area contributed by atoms with Gasteiger partial charge in [-0.3, -0.25) is 5.73 Å². The first-order chi connectivity index (χ1) is 7.70. The van der Waals surface area contributed by atoms with Crippen molar-refractivity contribution in [1.82, 2.24) is 0 Å². The number of carbonyl (C=O) groups excluding carboxylic acids is 1. The predicted molar refractivity (Wildman–Crippen MR) is 58.8 cm³/mol. The van der Waals surface area contributed by atoms with Crippen LogP contribution in [0.1, 0.15) is 23.2 Å². The summed E-state index contributed by atoms with van der Waals surface area (Å²) < 4.78 is 10.5. The van der Waals surface area contributed by atoms with E-state index in [0.29, 0.717) is 18.6 Å². The molecule has 0 spiro atoms. The lowest BCUT2D eigenvalue weighted by molar-refractivity contribution is -0.0941. The third-order valence-corrected chi connectivity index (χ3v) is 2.54. The van der Waals surface area contributed by atoms with E-state index in [1.54, 1.807) is 24.3 Å². The number of carbonyl (C=O) groups is 1. The zero-order valence-corrected chi connectivity index (χ0v) is 9.02. The summed E-state index contributed by atoms with van der Waals surface area (Å²) in [5, 5.41) is 0. The molecule has 1 aliphatic rings. The Morgan fingerprint density at radius 1 is 1.38 bits per heavy atom. The van der Waals surface area contributed by atoms with Crippen LogP contribution in [0.4, 0.5) is 0 Å². The second-order valence-electron chi connectivity index (χ2n) is 3.98. The zero-order chi connectivity index (χ0) is 11.4. The molecule has 1 fully saturated rings. The Labute approximate surface area is 94.3 Å². The number of ether oxygens (including phenoxy) is 2. The van der Waals surface area contributed by atoms with E-state index in [0.717, 1.165) is 6.42 Å². The van der Waals surface area contributed by atoms with Crippen molar-refractivity contribution in [2.45, 2.75) is 18.6 Å². The van der Waals surface area contributed by atoms with Crippen molar-refractivity contribution in [3.05, 3.63) is 35.9 Å². The smallest absolute Gasteiger partial charge is 0.339 e. The summed E-state index contributed by atoms with van der Waals surface area (Å²) >= 11 is 0. The molecule has 1 atom stereocenters. The minimum Gasteiger partial charge on any atom is -0.438 e. The Hall–Kier alpha value is -1.39. The molecule has 0 unspecified atom stereocenters. The second kappa shape index (κ2) is 4.63. The molecule has 1 aromatic rings. The van der Waals surface area contributed by atoms with E-state index in [1.165, 1.54) is 0 Å². The quantitative estimate of drug-likeness (QED) is 0.604. The van der Waals surface area contributed by atoms with E-state index in [-0.39, 0.29) is 6.61 Å². The van der Waals surface area contributed by atoms with Gasteiger partial charge in [-0.1, -0.05) is 18.2 Å². The van der Waals surface area contributed by atoms with E-state index < -0.39 is 11.7 Å². The first-order valence-corrected chi connectivity index (χ1v) is 5.35. The number of esters is 1. The fourth-order valence-corrected chi connectivity index (χ4v) is 1.69. The lowest BCUT2D eigenvalue weighted by Gasteiger charge is -2.32. The van der Waals surface area contributed by atoms with Gasteiger partial charge in [0.25, 0.3) is 0 Å². The monoisotopic (exact) mass is 221 g/mol. The largest absolute Gasteiger partial charge is 0.438 e. The summed E-state index contributed by atoms with van der Waals surface area (Å²) in [5.74, 6) is -0.395. The molecular formula is C12H15NO3. The molecule has 16 heavy (non-hydrogen) atoms. The van der Waals surface area contributed by atoms with Crippen LogP contribution in [0.2, 0.25) is 0 Å². The Kier molecular flexibility index (Phi) is 3.22. The number of hydrogen-bond donors (Lipinski definition) is 1. The van der Waals surface area contributed by atoms with Gasteiger partial charge in [-0.05, 0) is 18.6 Å². The molecule has 0 bridgehead atoms. The Bertz CT molecular complexity index is 358. The van der Waals surface area contributed by atoms with Crippen molar-refractivity contribution in [2.24, 2.45) is 5.73 Å². The van der Waals surface area contributed by atoms with Gasteiger partial charge in [0, 0.05) is 13.0 Å². The van der Waals surface area contributed by atoms with Crippen molar-refractivity contribution in [3.8, 4) is 0 Å². The van der Waals surface area contributed by atoms with Gasteiger partial charge in [-0.15, -0.1) is 0 Å². The lowest BCUT2D eigenvalue weighted by Crippen LogP contribution is -2.51. The van der Waals surface area contributed by atoms with Crippen molar-refractivity contribution < 1.29 is 14.3 Å². The standard InChI is InChI=1S/C12H15NO3/c13-12(7-4-8-15-9-12)16-11(14)10-5-2-1-3-6-10/h1-3,5-6H,4,7-9,13H2/t12-/m0/s1. The molecule has 0 amide bonds. The summed E-state index contributed by atoms with van der Waals surface area (Å²) in [5.41, 5.74) is 5.47. The third kappa shape index (κ3) is 2.59. The van der Waals surface area contributed by atoms with Crippen LogP contribution in [-0.2, 0) is 9.47 Å². The summed E-state index contributed by atoms with van der Waals surface area (Å²) in [6.07, 6.45) is 1.46. The van der Waals surface area contributed by atoms with E-state index >= 15 is 0 Å². The average Bonchev–Trinajstić information content (AvgIpc) is 2.30. The SMILES string of the molecule is N[C@]1(OC(=O)c2ccccc2)CCCOC1. The average molecular weight is 221 g/mol. The van der Waals surface area contributed by atoms with E-state index in [1.807, 2.05) is 6.07 Å². The van der Waals surface area contributed by atoms with Crippen LogP contribution >= 0.6 is 0 Å². The van der Waals surface area contributed by atoms with Crippen molar-refractivity contribution in [1.29, 1.82) is 0 Å². The van der Waals surface area contributed by atoms with Gasteiger partial charge >= 0.3 is 5.97 Å². The highest BCUT2D eigenvalue weighted by molar-refractivity contribution is 5.89. The highest BCUT2D eigenvalue weighted by Crippen LogP contribution is 2.19. The maximum absolute atomic E-state index is 11.8. The second-order valence-corrected chi connectivity index (χ2v) is 3.98. The Morgan fingerprint density at radius 2 is 2.12 bits per heavy atom. The van der Waals surface area contributed by atoms with Crippen molar-refractivity contribution in [3.63, 3.8) is 0 Å². The summed E-state index contributed by atoms with van der Waals surface area (Å²) in [6.45, 7) is 0.952. The minimum atomic E-state index is -0.967. The molecule has 0 aromatic heterocycles. The van der Waals surface area contributed by atoms with Crippen LogP contribution in [0.3, 0.4) is 0 Å². The molecule has 1 saturated heterocycles. The third-order valence-electron chi connectivity index (χ3n) is 2.54. The summed E-state index contributed by atoms with van der Waals surface area (Å²) in [6, 6.07) is 8.83. The molecule has 1 aromatic carbocycles. The molecule has 1 aliphatic heterocycles. The first kappa shape index (κ1) is 11.1. The number of rotatable bonds is 2. The molecule has 2 rings (SSSR count). The van der Waals surface area contributed by atoms with E-state index in [2.05, 4.69) is 0 Å². The number of benzene rings is 1. The van der Waals surface area contributed by atoms with E-state index in [9.17, 15) is 4.79 Å². The van der Waals surface area contributed by atoms with Crippen LogP contribution in [-0.4, -0.2) is 24.9 Å². The van der Waals surface area contributed by atoms with Gasteiger partial charge in [0.1, 0.15) is 6.61 Å². The lowest BCUT2D eigenvalue weighted by atomic mass is 10.1. The Morgan fingerprint density at radius 3 is 2.75 bits per heavy atom. The van der Waals surface area contributed by atoms with Crippen LogP contribution in [0, 0.1) is 0 Å². The zero-order valence-electron chi connectivity index (χ0n) is 9.02. The molecule has 0 saturated carbocycles. The Balaban J connectivity index is 2.01. The molecule has 1 heterocycles. The van der Waals surface area contributed by atoms with Gasteiger partial charge < -0.3 is 9.47 Å². The molecule has 4 nitrogen and oxygen atoms in total. The van der Waals surface area contributed by atoms with Crippen molar-refractivity contribution >= 4 is 5.97 Å². The number of hydrogen-bond acceptors (Lipinski definition) is 4. The molecule has 0 radical (unpaired) electrons. The predicted octanol–water partition coefficient (Wildman–Crippen LogP) is 1.31. The first-order valence-electron chi connectivity index (χ1n) is 5.35. The minimum absolute atomic E-state index is 0.269. The normalized spacial score (nSPS) is 25.1. The van der Waals surface area contributed by atoms with Crippen LogP contribution in [0.25, 0.3) is 0 Å². The fraction of sp³-hybridized carbons (Fsp3) is 0.417. The number of nitrogens with two attached hydrogens (primary N) is 1. The summed E-state index contributed by atoms with van der Waals surface area (Å²) in [4.78, 5) is 11.8. The maximum Gasteiger partial charge on any atom is 0.339 e. The highest BCUT2D eigenvalue weighted by atomic mass is 16.6. The molecule has 0 aliphatic carbocycles. The van der Waals surface area contributed by atoms with Gasteiger partial charge in [-0.25, -0.2) is 4.79 Å². The van der Waals surface area contributed by atoms with Gasteiger partial charge in [0.15, 0.2) is 5.72 Å². The van der Waals surface area contributed by atoms with Gasteiger partial charge in [0.05, 0.1) is 5.56 Å². The van der Waals surface area contributed by atoms with E-state index in [4.69, 9.17) is 15.2 Å². The summed E-state index contributed by atoms with van der Waals surface area (Å²) in [7, 11) is 0. The van der Waals surface area contributed by atoms with Crippen LogP contribution in [0.5, 0.6) is 0 Å². The van der Waals surface area contributed by atoms with Crippen LogP contribution in [0.15, 0.2) is 30.3 Å². The topological polar surface area (TPSA) is 61.5 Å². The fourth-order valence-electron chi connectivity index (χ4n) is 1.69. The van der Waals surface area contributed by atoms with Gasteiger partial charge in [0.2, 0.25) is 0 Å². The van der Waals surface area contributed by atoms with Crippen LogP contribution < -0.4 is 5.73 Å². The van der Waals surface area contributed by atoms with Gasteiger partial charge in [-0.2, -0.15) is 0 Å². The molecule has 86 valence electrons. The highest BCUT2D eigenvalue weighted by Gasteiger charge is 2.32.